The molecule has 5 nitrogen and oxygen atoms in total. The molecule has 0 spiro atoms. The molecule has 1 amide bonds. The van der Waals surface area contributed by atoms with Crippen LogP contribution < -0.4 is 10.1 Å². The van der Waals surface area contributed by atoms with Crippen molar-refractivity contribution in [3.63, 3.8) is 0 Å². The molecule has 0 aliphatic carbocycles. The molecule has 3 rings (SSSR count). The van der Waals surface area contributed by atoms with Crippen molar-refractivity contribution in [2.75, 3.05) is 19.7 Å². The van der Waals surface area contributed by atoms with Crippen LogP contribution in [0.4, 0.5) is 4.39 Å². The van der Waals surface area contributed by atoms with E-state index in [9.17, 15) is 9.18 Å². The van der Waals surface area contributed by atoms with Gasteiger partial charge in [0.05, 0.1) is 12.2 Å². The van der Waals surface area contributed by atoms with E-state index in [1.165, 1.54) is 24.3 Å². The maximum atomic E-state index is 13.0. The van der Waals surface area contributed by atoms with Gasteiger partial charge in [0.1, 0.15) is 11.6 Å². The number of nitrogens with one attached hydrogen (secondary N) is 1. The number of halogens is 1. The van der Waals surface area contributed by atoms with E-state index in [0.29, 0.717) is 12.3 Å². The minimum atomic E-state index is -0.327. The molecule has 1 fully saturated rings. The number of ether oxygens (including phenoxy) is 1. The van der Waals surface area contributed by atoms with Gasteiger partial charge in [-0.2, -0.15) is 0 Å². The van der Waals surface area contributed by atoms with Crippen LogP contribution in [0.3, 0.4) is 0 Å². The molecular weight excluding hydrogens is 333 g/mol. The van der Waals surface area contributed by atoms with E-state index in [1.807, 2.05) is 23.1 Å². The standard InChI is InChI=1S/C20H24FN3O2/c21-16-6-8-19(9-7-16)26-15-20(25)24(14-17-4-1-2-12-23-17)18-5-3-11-22-13-10-18/h1-2,4,6-9,12,18,22H,3,5,10-11,13-15H2. The molecule has 1 aliphatic heterocycles. The molecule has 1 unspecified atom stereocenters. The lowest BCUT2D eigenvalue weighted by Crippen LogP contribution is -2.43. The molecule has 2 aromatic rings. The summed E-state index contributed by atoms with van der Waals surface area (Å²) in [6.07, 6.45) is 4.65. The molecule has 0 saturated carbocycles. The van der Waals surface area contributed by atoms with Crippen LogP contribution in [0, 0.1) is 5.82 Å². The van der Waals surface area contributed by atoms with E-state index in [4.69, 9.17) is 4.74 Å². The van der Waals surface area contributed by atoms with Crippen LogP contribution in [0.15, 0.2) is 48.7 Å². The summed E-state index contributed by atoms with van der Waals surface area (Å²) < 4.78 is 18.6. The Morgan fingerprint density at radius 2 is 2.04 bits per heavy atom. The quantitative estimate of drug-likeness (QED) is 0.864. The number of hydrogen-bond donors (Lipinski definition) is 1. The van der Waals surface area contributed by atoms with Crippen LogP contribution in [0.5, 0.6) is 5.75 Å². The van der Waals surface area contributed by atoms with Gasteiger partial charge in [0.2, 0.25) is 0 Å². The van der Waals surface area contributed by atoms with Crippen molar-refractivity contribution in [1.82, 2.24) is 15.2 Å². The second-order valence-corrected chi connectivity index (χ2v) is 6.42. The zero-order chi connectivity index (χ0) is 18.2. The van der Waals surface area contributed by atoms with E-state index >= 15 is 0 Å². The number of nitrogens with zero attached hydrogens (tertiary/aromatic N) is 2. The van der Waals surface area contributed by atoms with E-state index in [0.717, 1.165) is 38.0 Å². The Morgan fingerprint density at radius 3 is 2.81 bits per heavy atom. The third-order valence-electron chi connectivity index (χ3n) is 4.54. The lowest BCUT2D eigenvalue weighted by molar-refractivity contribution is -0.136. The third-order valence-corrected chi connectivity index (χ3v) is 4.54. The third kappa shape index (κ3) is 5.26. The van der Waals surface area contributed by atoms with Crippen LogP contribution in [-0.4, -0.2) is 41.5 Å². The normalized spacial score (nSPS) is 17.3. The Kier molecular flexibility index (Phi) is 6.55. The Morgan fingerprint density at radius 1 is 1.19 bits per heavy atom. The molecule has 6 heteroatoms. The molecule has 2 heterocycles. The second-order valence-electron chi connectivity index (χ2n) is 6.42. The minimum absolute atomic E-state index is 0.0671. The molecule has 1 N–H and O–H groups in total. The summed E-state index contributed by atoms with van der Waals surface area (Å²) in [6.45, 7) is 2.28. The zero-order valence-electron chi connectivity index (χ0n) is 14.7. The number of benzene rings is 1. The average Bonchev–Trinajstić information content (AvgIpc) is 2.95. The minimum Gasteiger partial charge on any atom is -0.484 e. The summed E-state index contributed by atoms with van der Waals surface area (Å²) in [4.78, 5) is 19.1. The molecule has 1 saturated heterocycles. The highest BCUT2D eigenvalue weighted by Gasteiger charge is 2.25. The topological polar surface area (TPSA) is 54.5 Å². The SMILES string of the molecule is O=C(COc1ccc(F)cc1)N(Cc1ccccn1)C1CCCNCC1. The molecule has 1 aromatic carbocycles. The first kappa shape index (κ1) is 18.3. The Balaban J connectivity index is 1.68. The Hall–Kier alpha value is -2.47. The first-order valence-electron chi connectivity index (χ1n) is 9.01. The summed E-state index contributed by atoms with van der Waals surface area (Å²) in [6, 6.07) is 11.6. The van der Waals surface area contributed by atoms with Gasteiger partial charge in [-0.25, -0.2) is 4.39 Å². The zero-order valence-corrected chi connectivity index (χ0v) is 14.7. The Labute approximate surface area is 153 Å². The average molecular weight is 357 g/mol. The number of aromatic nitrogens is 1. The smallest absolute Gasteiger partial charge is 0.261 e. The lowest BCUT2D eigenvalue weighted by atomic mass is 10.1. The predicted octanol–water partition coefficient (Wildman–Crippen LogP) is 2.77. The highest BCUT2D eigenvalue weighted by Crippen LogP contribution is 2.18. The molecule has 138 valence electrons. The number of pyridine rings is 1. The van der Waals surface area contributed by atoms with Crippen LogP contribution in [0.1, 0.15) is 25.0 Å². The van der Waals surface area contributed by atoms with Gasteiger partial charge in [-0.15, -0.1) is 0 Å². The molecule has 0 bridgehead atoms. The predicted molar refractivity (Wildman–Crippen MR) is 97.2 cm³/mol. The summed E-state index contributed by atoms with van der Waals surface area (Å²) in [5.41, 5.74) is 0.861. The highest BCUT2D eigenvalue weighted by molar-refractivity contribution is 5.78. The molecule has 1 atom stereocenters. The monoisotopic (exact) mass is 357 g/mol. The second kappa shape index (κ2) is 9.29. The van der Waals surface area contributed by atoms with Crippen molar-refractivity contribution in [1.29, 1.82) is 0 Å². The first-order chi connectivity index (χ1) is 12.7. The van der Waals surface area contributed by atoms with Crippen molar-refractivity contribution in [3.8, 4) is 5.75 Å². The Bertz CT molecular complexity index is 686. The molecular formula is C20H24FN3O2. The van der Waals surface area contributed by atoms with Crippen molar-refractivity contribution in [2.45, 2.75) is 31.8 Å². The van der Waals surface area contributed by atoms with E-state index < -0.39 is 0 Å². The van der Waals surface area contributed by atoms with Crippen LogP contribution in [-0.2, 0) is 11.3 Å². The van der Waals surface area contributed by atoms with E-state index in [1.54, 1.807) is 6.20 Å². The molecule has 0 radical (unpaired) electrons. The van der Waals surface area contributed by atoms with E-state index in [2.05, 4.69) is 10.3 Å². The van der Waals surface area contributed by atoms with Gasteiger partial charge in [0.25, 0.3) is 5.91 Å². The van der Waals surface area contributed by atoms with Crippen molar-refractivity contribution in [3.05, 3.63) is 60.2 Å². The number of amides is 1. The fraction of sp³-hybridized carbons (Fsp3) is 0.400. The first-order valence-corrected chi connectivity index (χ1v) is 9.01. The van der Waals surface area contributed by atoms with Gasteiger partial charge in [-0.1, -0.05) is 6.07 Å². The van der Waals surface area contributed by atoms with Gasteiger partial charge < -0.3 is 15.0 Å². The van der Waals surface area contributed by atoms with Gasteiger partial charge in [-0.05, 0) is 68.8 Å². The van der Waals surface area contributed by atoms with E-state index in [-0.39, 0.29) is 24.4 Å². The molecule has 1 aliphatic rings. The highest BCUT2D eigenvalue weighted by atomic mass is 19.1. The van der Waals surface area contributed by atoms with Crippen molar-refractivity contribution < 1.29 is 13.9 Å². The van der Waals surface area contributed by atoms with Gasteiger partial charge in [0, 0.05) is 12.2 Å². The number of carbonyl (C=O) groups is 1. The number of carbonyl (C=O) groups excluding carboxylic acids is 1. The van der Waals surface area contributed by atoms with Crippen LogP contribution >= 0.6 is 0 Å². The number of rotatable bonds is 6. The number of hydrogen-bond acceptors (Lipinski definition) is 4. The maximum Gasteiger partial charge on any atom is 0.261 e. The van der Waals surface area contributed by atoms with Crippen LogP contribution in [0.25, 0.3) is 0 Å². The summed E-state index contributed by atoms with van der Waals surface area (Å²) >= 11 is 0. The van der Waals surface area contributed by atoms with Crippen molar-refractivity contribution in [2.24, 2.45) is 0 Å². The fourth-order valence-electron chi connectivity index (χ4n) is 3.16. The summed E-state index contributed by atoms with van der Waals surface area (Å²) in [5.74, 6) is 0.0818. The van der Waals surface area contributed by atoms with Crippen molar-refractivity contribution >= 4 is 5.91 Å². The largest absolute Gasteiger partial charge is 0.484 e. The maximum absolute atomic E-state index is 13.0. The summed E-state index contributed by atoms with van der Waals surface area (Å²) in [7, 11) is 0. The molecule has 26 heavy (non-hydrogen) atoms. The van der Waals surface area contributed by atoms with Crippen LogP contribution in [0.2, 0.25) is 0 Å². The summed E-state index contributed by atoms with van der Waals surface area (Å²) in [5, 5.41) is 3.38. The molecule has 1 aromatic heterocycles. The van der Waals surface area contributed by atoms with Gasteiger partial charge >= 0.3 is 0 Å². The van der Waals surface area contributed by atoms with Gasteiger partial charge in [-0.3, -0.25) is 9.78 Å². The lowest BCUT2D eigenvalue weighted by Gasteiger charge is -2.31. The fourth-order valence-corrected chi connectivity index (χ4v) is 3.16. The van der Waals surface area contributed by atoms with Gasteiger partial charge in [0.15, 0.2) is 6.61 Å².